The van der Waals surface area contributed by atoms with Gasteiger partial charge in [-0.1, -0.05) is 6.92 Å². The minimum atomic E-state index is 0.566. The minimum Gasteiger partial charge on any atom is -0.327 e. The Morgan fingerprint density at radius 1 is 1.50 bits per heavy atom. The van der Waals surface area contributed by atoms with Gasteiger partial charge in [0.15, 0.2) is 0 Å². The van der Waals surface area contributed by atoms with E-state index in [0.29, 0.717) is 16.9 Å². The molecule has 56 valence electrons. The molecule has 0 aromatic carbocycles. The molecule has 0 saturated heterocycles. The molecule has 1 heteroatoms. The normalized spacial score (nSPS) is 70.2. The molecule has 0 aromatic heterocycles. The van der Waals surface area contributed by atoms with Crippen LogP contribution < -0.4 is 5.73 Å². The summed E-state index contributed by atoms with van der Waals surface area (Å²) in [7, 11) is 0. The smallest absolute Gasteiger partial charge is 0.0104 e. The molecule has 2 N–H and O–H groups in total. The Morgan fingerprint density at radius 2 is 2.30 bits per heavy atom. The zero-order valence-corrected chi connectivity index (χ0v) is 6.56. The van der Waals surface area contributed by atoms with E-state index in [4.69, 9.17) is 5.73 Å². The van der Waals surface area contributed by atoms with E-state index in [1.54, 1.807) is 0 Å². The van der Waals surface area contributed by atoms with Crippen LogP contribution in [0.25, 0.3) is 0 Å². The number of hydrogen-bond acceptors (Lipinski definition) is 1. The van der Waals surface area contributed by atoms with E-state index in [0.717, 1.165) is 5.92 Å². The molecule has 0 aliphatic heterocycles. The maximum Gasteiger partial charge on any atom is 0.0104 e. The molecule has 3 aliphatic rings. The highest BCUT2D eigenvalue weighted by Gasteiger charge is 2.77. The topological polar surface area (TPSA) is 26.0 Å². The molecule has 0 heterocycles. The van der Waals surface area contributed by atoms with E-state index in [1.807, 2.05) is 0 Å². The predicted molar refractivity (Wildman–Crippen MR) is 40.5 cm³/mol. The first-order valence-corrected chi connectivity index (χ1v) is 4.45. The molecule has 3 saturated carbocycles. The zero-order chi connectivity index (χ0) is 6.98. The van der Waals surface area contributed by atoms with Gasteiger partial charge in [0.05, 0.1) is 0 Å². The minimum absolute atomic E-state index is 0.566. The lowest BCUT2D eigenvalue weighted by molar-refractivity contribution is 0.315. The fourth-order valence-electron chi connectivity index (χ4n) is 3.94. The molecule has 0 radical (unpaired) electrons. The van der Waals surface area contributed by atoms with Crippen LogP contribution in [0.1, 0.15) is 32.6 Å². The van der Waals surface area contributed by atoms with E-state index < -0.39 is 0 Å². The van der Waals surface area contributed by atoms with Crippen LogP contribution >= 0.6 is 0 Å². The van der Waals surface area contributed by atoms with Crippen molar-refractivity contribution in [2.24, 2.45) is 22.5 Å². The van der Waals surface area contributed by atoms with Crippen molar-refractivity contribution in [3.8, 4) is 0 Å². The van der Waals surface area contributed by atoms with E-state index in [1.165, 1.54) is 25.7 Å². The third kappa shape index (κ3) is 0.315. The van der Waals surface area contributed by atoms with Crippen LogP contribution in [-0.4, -0.2) is 6.04 Å². The molecule has 3 fully saturated rings. The zero-order valence-electron chi connectivity index (χ0n) is 6.56. The SMILES string of the molecule is CC12C[C@@]13CC[C@@H]2CC3N. The lowest BCUT2D eigenvalue weighted by Gasteiger charge is -2.23. The molecular weight excluding hydrogens is 122 g/mol. The van der Waals surface area contributed by atoms with Crippen molar-refractivity contribution in [3.05, 3.63) is 0 Å². The van der Waals surface area contributed by atoms with Crippen molar-refractivity contribution in [1.82, 2.24) is 0 Å². The van der Waals surface area contributed by atoms with Gasteiger partial charge in [-0.25, -0.2) is 0 Å². The molecule has 4 atom stereocenters. The lowest BCUT2D eigenvalue weighted by Crippen LogP contribution is -2.31. The summed E-state index contributed by atoms with van der Waals surface area (Å²) in [6, 6.07) is 0.566. The van der Waals surface area contributed by atoms with Gasteiger partial charge in [0, 0.05) is 6.04 Å². The standard InChI is InChI=1S/C9H15N/c1-8-5-9(8)3-2-6(8)4-7(9)10/h6-7H,2-5,10H2,1H3/t6-,7?,8?,9-/m1/s1. The Balaban J connectivity index is 2.10. The first kappa shape index (κ1) is 5.59. The molecule has 10 heavy (non-hydrogen) atoms. The van der Waals surface area contributed by atoms with Crippen molar-refractivity contribution in [2.45, 2.75) is 38.6 Å². The summed E-state index contributed by atoms with van der Waals surface area (Å²) in [4.78, 5) is 0. The van der Waals surface area contributed by atoms with Crippen LogP contribution in [0.15, 0.2) is 0 Å². The fourth-order valence-corrected chi connectivity index (χ4v) is 3.94. The largest absolute Gasteiger partial charge is 0.327 e. The summed E-state index contributed by atoms with van der Waals surface area (Å²) in [6.07, 6.45) is 5.70. The Hall–Kier alpha value is -0.0400. The molecule has 1 nitrogen and oxygen atoms in total. The van der Waals surface area contributed by atoms with Crippen LogP contribution in [0.5, 0.6) is 0 Å². The summed E-state index contributed by atoms with van der Waals surface area (Å²) in [5, 5.41) is 0. The maximum atomic E-state index is 6.08. The van der Waals surface area contributed by atoms with Gasteiger partial charge in [0.25, 0.3) is 0 Å². The average molecular weight is 137 g/mol. The molecule has 0 amide bonds. The number of nitrogens with two attached hydrogens (primary N) is 1. The maximum absolute atomic E-state index is 6.08. The highest BCUT2D eigenvalue weighted by Crippen LogP contribution is 2.82. The monoisotopic (exact) mass is 137 g/mol. The third-order valence-corrected chi connectivity index (χ3v) is 4.78. The predicted octanol–water partition coefficient (Wildman–Crippen LogP) is 1.52. The second kappa shape index (κ2) is 1.18. The van der Waals surface area contributed by atoms with Crippen molar-refractivity contribution < 1.29 is 0 Å². The van der Waals surface area contributed by atoms with Gasteiger partial charge in [-0.05, 0) is 42.4 Å². The van der Waals surface area contributed by atoms with Gasteiger partial charge >= 0.3 is 0 Å². The van der Waals surface area contributed by atoms with Gasteiger partial charge in [-0.2, -0.15) is 0 Å². The highest BCUT2D eigenvalue weighted by atomic mass is 14.9. The summed E-state index contributed by atoms with van der Waals surface area (Å²) in [6.45, 7) is 2.46. The summed E-state index contributed by atoms with van der Waals surface area (Å²) in [5.74, 6) is 1.00. The molecule has 0 spiro atoms. The van der Waals surface area contributed by atoms with E-state index in [2.05, 4.69) is 6.92 Å². The summed E-state index contributed by atoms with van der Waals surface area (Å²) >= 11 is 0. The van der Waals surface area contributed by atoms with Gasteiger partial charge in [0.1, 0.15) is 0 Å². The van der Waals surface area contributed by atoms with Crippen LogP contribution in [0.3, 0.4) is 0 Å². The van der Waals surface area contributed by atoms with Crippen LogP contribution in [0, 0.1) is 16.7 Å². The Morgan fingerprint density at radius 3 is 2.50 bits per heavy atom. The van der Waals surface area contributed by atoms with E-state index in [9.17, 15) is 0 Å². The molecular formula is C9H15N. The molecule has 2 bridgehead atoms. The molecule has 3 rings (SSSR count). The van der Waals surface area contributed by atoms with Gasteiger partial charge in [-0.15, -0.1) is 0 Å². The van der Waals surface area contributed by atoms with Crippen molar-refractivity contribution in [3.63, 3.8) is 0 Å². The van der Waals surface area contributed by atoms with E-state index >= 15 is 0 Å². The van der Waals surface area contributed by atoms with Crippen molar-refractivity contribution in [1.29, 1.82) is 0 Å². The van der Waals surface area contributed by atoms with Crippen LogP contribution in [0.2, 0.25) is 0 Å². The first-order chi connectivity index (χ1) is 4.69. The van der Waals surface area contributed by atoms with Gasteiger partial charge in [0.2, 0.25) is 0 Å². The van der Waals surface area contributed by atoms with Crippen LogP contribution in [-0.2, 0) is 0 Å². The Labute approximate surface area is 62.0 Å². The number of rotatable bonds is 0. The Kier molecular flexibility index (Phi) is 0.658. The quantitative estimate of drug-likeness (QED) is 0.538. The highest BCUT2D eigenvalue weighted by molar-refractivity contribution is 5.28. The fraction of sp³-hybridized carbons (Fsp3) is 1.00. The van der Waals surface area contributed by atoms with Crippen molar-refractivity contribution >= 4 is 0 Å². The molecule has 0 aromatic rings. The average Bonchev–Trinajstić information content (AvgIpc) is 2.35. The Bertz CT molecular complexity index is 197. The van der Waals surface area contributed by atoms with Crippen molar-refractivity contribution in [2.75, 3.05) is 0 Å². The lowest BCUT2D eigenvalue weighted by atomic mass is 9.86. The molecule has 2 unspecified atom stereocenters. The number of hydrogen-bond donors (Lipinski definition) is 1. The van der Waals surface area contributed by atoms with E-state index in [-0.39, 0.29) is 0 Å². The van der Waals surface area contributed by atoms with Gasteiger partial charge in [-0.3, -0.25) is 0 Å². The molecule has 3 aliphatic carbocycles. The second-order valence-electron chi connectivity index (χ2n) is 4.83. The second-order valence-corrected chi connectivity index (χ2v) is 4.83. The first-order valence-electron chi connectivity index (χ1n) is 4.45. The summed E-state index contributed by atoms with van der Waals surface area (Å²) < 4.78 is 0. The van der Waals surface area contributed by atoms with Gasteiger partial charge < -0.3 is 5.73 Å². The van der Waals surface area contributed by atoms with Crippen LogP contribution in [0.4, 0.5) is 0 Å². The third-order valence-electron chi connectivity index (χ3n) is 4.78. The summed E-state index contributed by atoms with van der Waals surface area (Å²) in [5.41, 5.74) is 7.45.